The first-order valence-corrected chi connectivity index (χ1v) is 6.33. The van der Waals surface area contributed by atoms with Crippen molar-refractivity contribution < 1.29 is 4.79 Å². The Morgan fingerprint density at radius 1 is 1.56 bits per heavy atom. The maximum atomic E-state index is 10.8. The Morgan fingerprint density at radius 3 is 2.69 bits per heavy atom. The summed E-state index contributed by atoms with van der Waals surface area (Å²) in [5.74, 6) is 0.666. The molecule has 1 aliphatic rings. The number of rotatable bonds is 5. The van der Waals surface area contributed by atoms with Gasteiger partial charge in [0, 0.05) is 0 Å². The fraction of sp³-hybridized carbons (Fsp3) is 0.667. The van der Waals surface area contributed by atoms with E-state index in [0.717, 1.165) is 37.5 Å². The van der Waals surface area contributed by atoms with Crippen LogP contribution in [-0.2, 0) is 4.79 Å². The fourth-order valence-corrected chi connectivity index (χ4v) is 2.38. The molecule has 1 heteroatoms. The van der Waals surface area contributed by atoms with Crippen LogP contribution >= 0.6 is 0 Å². The highest BCUT2D eigenvalue weighted by Crippen LogP contribution is 2.44. The molecule has 1 nitrogen and oxygen atoms in total. The minimum Gasteiger partial charge on any atom is -0.298 e. The summed E-state index contributed by atoms with van der Waals surface area (Å²) in [6.45, 7) is 8.95. The Kier molecular flexibility index (Phi) is 4.52. The summed E-state index contributed by atoms with van der Waals surface area (Å²) in [6.07, 6.45) is 9.68. The zero-order chi connectivity index (χ0) is 12.2. The van der Waals surface area contributed by atoms with Gasteiger partial charge in [0.15, 0.2) is 0 Å². The van der Waals surface area contributed by atoms with E-state index in [1.54, 1.807) is 0 Å². The molecular weight excluding hydrogens is 196 g/mol. The maximum absolute atomic E-state index is 10.8. The molecule has 1 unspecified atom stereocenters. The minimum absolute atomic E-state index is 0.302. The number of carbonyl (C=O) groups is 1. The van der Waals surface area contributed by atoms with Gasteiger partial charge in [-0.05, 0) is 43.1 Å². The van der Waals surface area contributed by atoms with Gasteiger partial charge in [-0.25, -0.2) is 0 Å². The number of carbonyl (C=O) groups excluding carboxylic acids is 1. The predicted octanol–water partition coefficient (Wildman–Crippen LogP) is 4.29. The highest BCUT2D eigenvalue weighted by Gasteiger charge is 2.33. The molecule has 1 rings (SSSR count). The molecule has 0 aromatic carbocycles. The van der Waals surface area contributed by atoms with Crippen molar-refractivity contribution in [3.63, 3.8) is 0 Å². The standard InChI is InChI=1S/C15H24O/c1-5-6-13(11-16)8-10-14-9-7-12(2)15(14,3)4/h7-8,11,14H,5-6,9-10H2,1-4H3. The minimum atomic E-state index is 0.302. The number of aldehydes is 1. The fourth-order valence-electron chi connectivity index (χ4n) is 2.38. The summed E-state index contributed by atoms with van der Waals surface area (Å²) in [5.41, 5.74) is 2.77. The summed E-state index contributed by atoms with van der Waals surface area (Å²) in [6, 6.07) is 0. The second-order valence-corrected chi connectivity index (χ2v) is 5.42. The van der Waals surface area contributed by atoms with Crippen molar-refractivity contribution in [2.24, 2.45) is 11.3 Å². The lowest BCUT2D eigenvalue weighted by Crippen LogP contribution is -2.19. The lowest BCUT2D eigenvalue weighted by Gasteiger charge is -2.29. The van der Waals surface area contributed by atoms with Gasteiger partial charge in [0.2, 0.25) is 0 Å². The zero-order valence-corrected chi connectivity index (χ0v) is 11.0. The summed E-state index contributed by atoms with van der Waals surface area (Å²) in [5, 5.41) is 0. The number of hydrogen-bond donors (Lipinski definition) is 0. The summed E-state index contributed by atoms with van der Waals surface area (Å²) in [7, 11) is 0. The van der Waals surface area contributed by atoms with E-state index in [-0.39, 0.29) is 0 Å². The highest BCUT2D eigenvalue weighted by atomic mass is 16.1. The molecule has 0 heterocycles. The largest absolute Gasteiger partial charge is 0.298 e. The molecule has 0 saturated heterocycles. The lowest BCUT2D eigenvalue weighted by atomic mass is 9.76. The van der Waals surface area contributed by atoms with Crippen molar-refractivity contribution in [3.8, 4) is 0 Å². The van der Waals surface area contributed by atoms with Gasteiger partial charge in [-0.15, -0.1) is 0 Å². The molecule has 0 fully saturated rings. The van der Waals surface area contributed by atoms with Crippen LogP contribution in [0.1, 0.15) is 53.4 Å². The first kappa shape index (κ1) is 13.2. The molecule has 0 saturated carbocycles. The first-order valence-electron chi connectivity index (χ1n) is 6.33. The van der Waals surface area contributed by atoms with Crippen molar-refractivity contribution >= 4 is 6.29 Å². The van der Waals surface area contributed by atoms with E-state index >= 15 is 0 Å². The zero-order valence-electron chi connectivity index (χ0n) is 11.0. The van der Waals surface area contributed by atoms with Crippen molar-refractivity contribution in [1.29, 1.82) is 0 Å². The van der Waals surface area contributed by atoms with E-state index in [9.17, 15) is 4.79 Å². The van der Waals surface area contributed by atoms with Gasteiger partial charge in [-0.3, -0.25) is 4.79 Å². The van der Waals surface area contributed by atoms with Crippen molar-refractivity contribution in [1.82, 2.24) is 0 Å². The van der Waals surface area contributed by atoms with Crippen LogP contribution in [0.5, 0.6) is 0 Å². The summed E-state index contributed by atoms with van der Waals surface area (Å²) < 4.78 is 0. The molecule has 1 aliphatic carbocycles. The molecule has 0 radical (unpaired) electrons. The third kappa shape index (κ3) is 2.84. The van der Waals surface area contributed by atoms with Gasteiger partial charge in [-0.2, -0.15) is 0 Å². The van der Waals surface area contributed by atoms with Crippen LogP contribution in [0, 0.1) is 11.3 Å². The van der Waals surface area contributed by atoms with E-state index in [4.69, 9.17) is 0 Å². The molecular formula is C15H24O. The molecule has 0 aromatic rings. The van der Waals surface area contributed by atoms with Gasteiger partial charge in [-0.1, -0.05) is 44.9 Å². The van der Waals surface area contributed by atoms with Gasteiger partial charge in [0.25, 0.3) is 0 Å². The third-order valence-electron chi connectivity index (χ3n) is 4.10. The van der Waals surface area contributed by atoms with Crippen LogP contribution in [0.15, 0.2) is 23.3 Å². The Labute approximate surface area is 99.6 Å². The summed E-state index contributed by atoms with van der Waals surface area (Å²) in [4.78, 5) is 10.8. The van der Waals surface area contributed by atoms with Crippen LogP contribution in [0.2, 0.25) is 0 Å². The van der Waals surface area contributed by atoms with Crippen LogP contribution in [0.3, 0.4) is 0 Å². The Balaban J connectivity index is 2.60. The van der Waals surface area contributed by atoms with Crippen molar-refractivity contribution in [2.45, 2.75) is 53.4 Å². The Bertz CT molecular complexity index is 307. The predicted molar refractivity (Wildman–Crippen MR) is 69.3 cm³/mol. The molecule has 1 atom stereocenters. The van der Waals surface area contributed by atoms with Crippen LogP contribution in [0.25, 0.3) is 0 Å². The van der Waals surface area contributed by atoms with Crippen molar-refractivity contribution in [2.75, 3.05) is 0 Å². The monoisotopic (exact) mass is 220 g/mol. The first-order chi connectivity index (χ1) is 7.52. The van der Waals surface area contributed by atoms with Gasteiger partial charge < -0.3 is 0 Å². The normalized spacial score (nSPS) is 24.4. The average molecular weight is 220 g/mol. The molecule has 90 valence electrons. The summed E-state index contributed by atoms with van der Waals surface area (Å²) >= 11 is 0. The second-order valence-electron chi connectivity index (χ2n) is 5.42. The van der Waals surface area contributed by atoms with Crippen LogP contribution < -0.4 is 0 Å². The topological polar surface area (TPSA) is 17.1 Å². The SMILES string of the molecule is CCCC(C=O)=CCC1CC=C(C)C1(C)C. The second kappa shape index (κ2) is 5.47. The average Bonchev–Trinajstić information content (AvgIpc) is 2.50. The highest BCUT2D eigenvalue weighted by molar-refractivity contribution is 5.72. The maximum Gasteiger partial charge on any atom is 0.145 e. The van der Waals surface area contributed by atoms with E-state index in [2.05, 4.69) is 39.8 Å². The third-order valence-corrected chi connectivity index (χ3v) is 4.10. The van der Waals surface area contributed by atoms with Crippen LogP contribution in [0.4, 0.5) is 0 Å². The Morgan fingerprint density at radius 2 is 2.25 bits per heavy atom. The molecule has 0 spiro atoms. The molecule has 0 aliphatic heterocycles. The van der Waals surface area contributed by atoms with Gasteiger partial charge >= 0.3 is 0 Å². The number of hydrogen-bond acceptors (Lipinski definition) is 1. The molecule has 0 amide bonds. The molecule has 0 aromatic heterocycles. The van der Waals surface area contributed by atoms with E-state index < -0.39 is 0 Å². The van der Waals surface area contributed by atoms with Crippen molar-refractivity contribution in [3.05, 3.63) is 23.3 Å². The molecule has 0 N–H and O–H groups in total. The van der Waals surface area contributed by atoms with Gasteiger partial charge in [0.1, 0.15) is 6.29 Å². The van der Waals surface area contributed by atoms with Crippen LogP contribution in [-0.4, -0.2) is 6.29 Å². The van der Waals surface area contributed by atoms with E-state index in [1.807, 2.05) is 0 Å². The van der Waals surface area contributed by atoms with E-state index in [1.165, 1.54) is 5.57 Å². The van der Waals surface area contributed by atoms with Gasteiger partial charge in [0.05, 0.1) is 0 Å². The van der Waals surface area contributed by atoms with E-state index in [0.29, 0.717) is 11.3 Å². The molecule has 16 heavy (non-hydrogen) atoms. The Hall–Kier alpha value is -0.850. The quantitative estimate of drug-likeness (QED) is 0.383. The lowest BCUT2D eigenvalue weighted by molar-refractivity contribution is -0.105. The number of allylic oxidation sites excluding steroid dienone is 4. The smallest absolute Gasteiger partial charge is 0.145 e. The molecule has 0 bridgehead atoms.